The largest absolute Gasteiger partial charge is 0.349 e. The van der Waals surface area contributed by atoms with Crippen LogP contribution in [0.3, 0.4) is 0 Å². The van der Waals surface area contributed by atoms with Crippen molar-refractivity contribution in [3.05, 3.63) is 28.0 Å². The lowest BCUT2D eigenvalue weighted by atomic mass is 10.2. The summed E-state index contributed by atoms with van der Waals surface area (Å²) in [7, 11) is 0. The van der Waals surface area contributed by atoms with E-state index < -0.39 is 0 Å². The maximum absolute atomic E-state index is 11.9. The van der Waals surface area contributed by atoms with Crippen LogP contribution in [-0.2, 0) is 0 Å². The van der Waals surface area contributed by atoms with Crippen molar-refractivity contribution in [2.75, 3.05) is 0 Å². The van der Waals surface area contributed by atoms with Crippen molar-refractivity contribution in [1.29, 1.82) is 0 Å². The van der Waals surface area contributed by atoms with Gasteiger partial charge < -0.3 is 5.32 Å². The first-order valence-corrected chi connectivity index (χ1v) is 6.49. The van der Waals surface area contributed by atoms with Crippen LogP contribution in [0.2, 0.25) is 10.2 Å². The van der Waals surface area contributed by atoms with Crippen LogP contribution >= 0.6 is 23.2 Å². The van der Waals surface area contributed by atoms with Gasteiger partial charge in [0.25, 0.3) is 5.91 Å². The van der Waals surface area contributed by atoms with Crippen molar-refractivity contribution in [3.8, 4) is 0 Å². The summed E-state index contributed by atoms with van der Waals surface area (Å²) < 4.78 is 0. The van der Waals surface area contributed by atoms with Crippen LogP contribution in [0.4, 0.5) is 0 Å². The van der Waals surface area contributed by atoms with Crippen molar-refractivity contribution in [3.63, 3.8) is 0 Å². The van der Waals surface area contributed by atoms with Crippen LogP contribution in [0.5, 0.6) is 0 Å². The Morgan fingerprint density at radius 2 is 2.35 bits per heavy atom. The zero-order chi connectivity index (χ0) is 12.4. The Labute approximate surface area is 111 Å². The van der Waals surface area contributed by atoms with E-state index in [9.17, 15) is 4.79 Å². The molecule has 1 aromatic rings. The molecular weight excluding hydrogens is 259 g/mol. The fraction of sp³-hybridized carbons (Fsp3) is 0.500. The number of hydrogen-bond acceptors (Lipinski definition) is 2. The van der Waals surface area contributed by atoms with Gasteiger partial charge in [0.2, 0.25) is 0 Å². The van der Waals surface area contributed by atoms with Gasteiger partial charge in [-0.2, -0.15) is 0 Å². The zero-order valence-corrected chi connectivity index (χ0v) is 11.1. The third-order valence-corrected chi connectivity index (χ3v) is 3.47. The number of carbonyl (C=O) groups excluding carboxylic acids is 1. The monoisotopic (exact) mass is 272 g/mol. The lowest BCUT2D eigenvalue weighted by Gasteiger charge is -2.06. The number of aromatic nitrogens is 1. The number of amides is 1. The second kappa shape index (κ2) is 5.23. The molecule has 2 unspecified atom stereocenters. The Balaban J connectivity index is 1.98. The van der Waals surface area contributed by atoms with Gasteiger partial charge in [0.15, 0.2) is 0 Å². The summed E-state index contributed by atoms with van der Waals surface area (Å²) in [5, 5.41) is 3.57. The standard InChI is InChI=1S/C12H14Cl2N2O/c1-2-3-7-4-10(7)16-12(17)8-5-11(14)15-6-9(8)13/h5-7,10H,2-4H2,1H3,(H,16,17). The number of carbonyl (C=O) groups is 1. The third kappa shape index (κ3) is 3.11. The Bertz CT molecular complexity index is 437. The minimum Gasteiger partial charge on any atom is -0.349 e. The van der Waals surface area contributed by atoms with Gasteiger partial charge in [0.1, 0.15) is 5.15 Å². The highest BCUT2D eigenvalue weighted by atomic mass is 35.5. The molecule has 1 aromatic heterocycles. The van der Waals surface area contributed by atoms with Gasteiger partial charge in [0, 0.05) is 12.2 Å². The lowest BCUT2D eigenvalue weighted by Crippen LogP contribution is -2.27. The maximum atomic E-state index is 11.9. The molecule has 1 aliphatic rings. The summed E-state index contributed by atoms with van der Waals surface area (Å²) in [5.74, 6) is 0.461. The SMILES string of the molecule is CCCC1CC1NC(=O)c1cc(Cl)ncc1Cl. The van der Waals surface area contributed by atoms with E-state index in [0.717, 1.165) is 19.3 Å². The topological polar surface area (TPSA) is 42.0 Å². The summed E-state index contributed by atoms with van der Waals surface area (Å²) in [6, 6.07) is 1.79. The van der Waals surface area contributed by atoms with Gasteiger partial charge in [-0.3, -0.25) is 4.79 Å². The Morgan fingerprint density at radius 3 is 3.06 bits per heavy atom. The number of nitrogens with one attached hydrogen (secondary N) is 1. The van der Waals surface area contributed by atoms with E-state index in [0.29, 0.717) is 22.5 Å². The first-order valence-electron chi connectivity index (χ1n) is 5.73. The molecule has 1 heterocycles. The molecule has 3 nitrogen and oxygen atoms in total. The summed E-state index contributed by atoms with van der Waals surface area (Å²) in [6.45, 7) is 2.15. The van der Waals surface area contributed by atoms with Gasteiger partial charge >= 0.3 is 0 Å². The highest BCUT2D eigenvalue weighted by Crippen LogP contribution is 2.35. The Morgan fingerprint density at radius 1 is 1.59 bits per heavy atom. The molecule has 0 radical (unpaired) electrons. The van der Waals surface area contributed by atoms with E-state index in [2.05, 4.69) is 17.2 Å². The average molecular weight is 273 g/mol. The van der Waals surface area contributed by atoms with Crippen molar-refractivity contribution < 1.29 is 4.79 Å². The van der Waals surface area contributed by atoms with Crippen LogP contribution in [0, 0.1) is 5.92 Å². The molecular formula is C12H14Cl2N2O. The molecule has 5 heteroatoms. The molecule has 1 fully saturated rings. The van der Waals surface area contributed by atoms with E-state index in [4.69, 9.17) is 23.2 Å². The summed E-state index contributed by atoms with van der Waals surface area (Å²) >= 11 is 11.7. The van der Waals surface area contributed by atoms with E-state index in [1.54, 1.807) is 0 Å². The van der Waals surface area contributed by atoms with E-state index in [1.165, 1.54) is 12.3 Å². The second-order valence-corrected chi connectivity index (χ2v) is 5.15. The normalized spacial score (nSPS) is 22.3. The molecule has 0 bridgehead atoms. The van der Waals surface area contributed by atoms with Gasteiger partial charge in [-0.1, -0.05) is 36.5 Å². The van der Waals surface area contributed by atoms with Crippen molar-refractivity contribution in [2.24, 2.45) is 5.92 Å². The molecule has 0 spiro atoms. The number of hydrogen-bond donors (Lipinski definition) is 1. The van der Waals surface area contributed by atoms with E-state index >= 15 is 0 Å². The van der Waals surface area contributed by atoms with Gasteiger partial charge in [-0.15, -0.1) is 0 Å². The predicted octanol–water partition coefficient (Wildman–Crippen LogP) is 3.31. The van der Waals surface area contributed by atoms with Crippen LogP contribution in [0.25, 0.3) is 0 Å². The summed E-state index contributed by atoms with van der Waals surface area (Å²) in [6.07, 6.45) is 4.78. The smallest absolute Gasteiger partial charge is 0.253 e. The van der Waals surface area contributed by atoms with Crippen molar-refractivity contribution in [2.45, 2.75) is 32.2 Å². The number of nitrogens with zero attached hydrogens (tertiary/aromatic N) is 1. The quantitative estimate of drug-likeness (QED) is 0.855. The fourth-order valence-electron chi connectivity index (χ4n) is 1.95. The fourth-order valence-corrected chi connectivity index (χ4v) is 2.29. The van der Waals surface area contributed by atoms with Crippen LogP contribution in [-0.4, -0.2) is 16.9 Å². The molecule has 2 atom stereocenters. The number of pyridine rings is 1. The Hall–Kier alpha value is -0.800. The van der Waals surface area contributed by atoms with E-state index in [1.807, 2.05) is 0 Å². The van der Waals surface area contributed by atoms with Crippen LogP contribution in [0.15, 0.2) is 12.3 Å². The minimum absolute atomic E-state index is 0.164. The second-order valence-electron chi connectivity index (χ2n) is 4.35. The summed E-state index contributed by atoms with van der Waals surface area (Å²) in [4.78, 5) is 15.8. The van der Waals surface area contributed by atoms with Crippen LogP contribution in [0.1, 0.15) is 36.5 Å². The maximum Gasteiger partial charge on any atom is 0.253 e. The van der Waals surface area contributed by atoms with Gasteiger partial charge in [-0.25, -0.2) is 4.98 Å². The zero-order valence-electron chi connectivity index (χ0n) is 9.54. The molecule has 0 aliphatic heterocycles. The molecule has 0 aromatic carbocycles. The molecule has 2 rings (SSSR count). The minimum atomic E-state index is -0.164. The van der Waals surface area contributed by atoms with E-state index in [-0.39, 0.29) is 11.1 Å². The number of rotatable bonds is 4. The van der Waals surface area contributed by atoms with Gasteiger partial charge in [0.05, 0.1) is 10.6 Å². The number of halogens is 2. The summed E-state index contributed by atoms with van der Waals surface area (Å²) in [5.41, 5.74) is 0.397. The van der Waals surface area contributed by atoms with Crippen molar-refractivity contribution in [1.82, 2.24) is 10.3 Å². The third-order valence-electron chi connectivity index (χ3n) is 2.97. The highest BCUT2D eigenvalue weighted by Gasteiger charge is 2.37. The molecule has 1 amide bonds. The Kier molecular flexibility index (Phi) is 3.89. The first-order chi connectivity index (χ1) is 8.11. The highest BCUT2D eigenvalue weighted by molar-refractivity contribution is 6.35. The molecule has 92 valence electrons. The molecule has 17 heavy (non-hydrogen) atoms. The first kappa shape index (κ1) is 12.7. The average Bonchev–Trinajstić information content (AvgIpc) is 3.00. The predicted molar refractivity (Wildman–Crippen MR) is 68.5 cm³/mol. The molecule has 1 aliphatic carbocycles. The lowest BCUT2D eigenvalue weighted by molar-refractivity contribution is 0.0949. The molecule has 1 N–H and O–H groups in total. The molecule has 0 saturated heterocycles. The van der Waals surface area contributed by atoms with Gasteiger partial charge in [-0.05, 0) is 24.8 Å². The van der Waals surface area contributed by atoms with Crippen LogP contribution < -0.4 is 5.32 Å². The van der Waals surface area contributed by atoms with Crippen molar-refractivity contribution >= 4 is 29.1 Å². The molecule has 1 saturated carbocycles.